The van der Waals surface area contributed by atoms with E-state index in [0.29, 0.717) is 5.56 Å². The molecule has 4 nitrogen and oxygen atoms in total. The Kier molecular flexibility index (Phi) is 2.94. The SMILES string of the molecule is NCc1ccc(F)c(Br)c1[N+](=O)[O-]. The fraction of sp³-hybridized carbons (Fsp3) is 0.143. The maximum Gasteiger partial charge on any atom is 0.290 e. The van der Waals surface area contributed by atoms with Gasteiger partial charge in [-0.25, -0.2) is 4.39 Å². The normalized spacial score (nSPS) is 10.1. The van der Waals surface area contributed by atoms with Crippen LogP contribution in [0.1, 0.15) is 5.56 Å². The van der Waals surface area contributed by atoms with Gasteiger partial charge < -0.3 is 5.73 Å². The van der Waals surface area contributed by atoms with E-state index in [1.807, 2.05) is 0 Å². The minimum atomic E-state index is -0.663. The summed E-state index contributed by atoms with van der Waals surface area (Å²) < 4.78 is 12.7. The van der Waals surface area contributed by atoms with E-state index < -0.39 is 10.7 Å². The predicted molar refractivity (Wildman–Crippen MR) is 48.6 cm³/mol. The Hall–Kier alpha value is -1.01. The van der Waals surface area contributed by atoms with Crippen molar-refractivity contribution in [3.63, 3.8) is 0 Å². The van der Waals surface area contributed by atoms with Gasteiger partial charge in [-0.1, -0.05) is 0 Å². The summed E-state index contributed by atoms with van der Waals surface area (Å²) in [6.45, 7) is 0.00912. The van der Waals surface area contributed by atoms with Crippen LogP contribution in [0.25, 0.3) is 0 Å². The summed E-state index contributed by atoms with van der Waals surface area (Å²) in [5, 5.41) is 10.5. The van der Waals surface area contributed by atoms with Crippen molar-refractivity contribution in [2.75, 3.05) is 0 Å². The summed E-state index contributed by atoms with van der Waals surface area (Å²) in [5.41, 5.74) is 5.26. The summed E-state index contributed by atoms with van der Waals surface area (Å²) in [5.74, 6) is -0.663. The van der Waals surface area contributed by atoms with Crippen molar-refractivity contribution in [3.8, 4) is 0 Å². The summed E-state index contributed by atoms with van der Waals surface area (Å²) in [4.78, 5) is 9.85. The molecule has 0 radical (unpaired) electrons. The smallest absolute Gasteiger partial charge is 0.290 e. The second kappa shape index (κ2) is 3.80. The average molecular weight is 249 g/mol. The molecule has 0 amide bonds. The maximum absolute atomic E-state index is 12.9. The number of hydrogen-bond donors (Lipinski definition) is 1. The lowest BCUT2D eigenvalue weighted by Crippen LogP contribution is -2.03. The number of benzene rings is 1. The molecule has 0 bridgehead atoms. The molecule has 0 saturated carbocycles. The fourth-order valence-electron chi connectivity index (χ4n) is 0.942. The van der Waals surface area contributed by atoms with Crippen LogP contribution in [0.3, 0.4) is 0 Å². The quantitative estimate of drug-likeness (QED) is 0.643. The van der Waals surface area contributed by atoms with Crippen LogP contribution >= 0.6 is 15.9 Å². The van der Waals surface area contributed by atoms with Crippen LogP contribution in [0.15, 0.2) is 16.6 Å². The van der Waals surface area contributed by atoms with Crippen LogP contribution in [-0.4, -0.2) is 4.92 Å². The Labute approximate surface area is 81.8 Å². The van der Waals surface area contributed by atoms with Gasteiger partial charge in [0.15, 0.2) is 0 Å². The minimum Gasteiger partial charge on any atom is -0.326 e. The summed E-state index contributed by atoms with van der Waals surface area (Å²) in [7, 11) is 0. The highest BCUT2D eigenvalue weighted by atomic mass is 79.9. The van der Waals surface area contributed by atoms with Gasteiger partial charge in [-0.3, -0.25) is 10.1 Å². The summed E-state index contributed by atoms with van der Waals surface area (Å²) in [6.07, 6.45) is 0. The molecule has 0 atom stereocenters. The molecule has 1 aromatic carbocycles. The van der Waals surface area contributed by atoms with E-state index in [1.54, 1.807) is 0 Å². The third-order valence-electron chi connectivity index (χ3n) is 1.56. The van der Waals surface area contributed by atoms with E-state index in [9.17, 15) is 14.5 Å². The van der Waals surface area contributed by atoms with E-state index in [-0.39, 0.29) is 16.7 Å². The van der Waals surface area contributed by atoms with Gasteiger partial charge in [0.25, 0.3) is 5.69 Å². The van der Waals surface area contributed by atoms with Crippen LogP contribution in [0, 0.1) is 15.9 Å². The first-order valence-electron chi connectivity index (χ1n) is 3.39. The molecule has 0 aromatic heterocycles. The second-order valence-electron chi connectivity index (χ2n) is 2.33. The molecular formula is C7H6BrFN2O2. The molecule has 0 aliphatic rings. The molecule has 0 fully saturated rings. The first-order chi connectivity index (χ1) is 6.07. The van der Waals surface area contributed by atoms with Crippen LogP contribution in [-0.2, 0) is 6.54 Å². The number of nitro benzene ring substituents is 1. The lowest BCUT2D eigenvalue weighted by atomic mass is 10.2. The zero-order valence-corrected chi connectivity index (χ0v) is 8.04. The van der Waals surface area contributed by atoms with Crippen molar-refractivity contribution in [1.82, 2.24) is 0 Å². The van der Waals surface area contributed by atoms with Crippen molar-refractivity contribution in [2.45, 2.75) is 6.54 Å². The molecule has 0 aliphatic carbocycles. The molecule has 0 unspecified atom stereocenters. The van der Waals surface area contributed by atoms with E-state index in [1.165, 1.54) is 6.07 Å². The van der Waals surface area contributed by atoms with Gasteiger partial charge >= 0.3 is 0 Å². The number of nitrogens with two attached hydrogens (primary N) is 1. The lowest BCUT2D eigenvalue weighted by Gasteiger charge is -2.01. The Balaban J connectivity index is 3.41. The van der Waals surface area contributed by atoms with E-state index in [4.69, 9.17) is 5.73 Å². The molecule has 0 heterocycles. The topological polar surface area (TPSA) is 69.2 Å². The molecular weight excluding hydrogens is 243 g/mol. The second-order valence-corrected chi connectivity index (χ2v) is 3.12. The fourth-order valence-corrected chi connectivity index (χ4v) is 1.47. The first-order valence-corrected chi connectivity index (χ1v) is 4.18. The molecule has 1 aromatic rings. The van der Waals surface area contributed by atoms with Crippen LogP contribution < -0.4 is 5.73 Å². The zero-order chi connectivity index (χ0) is 10.0. The molecule has 6 heteroatoms. The van der Waals surface area contributed by atoms with Gasteiger partial charge in [-0.15, -0.1) is 0 Å². The third kappa shape index (κ3) is 1.84. The number of halogens is 2. The van der Waals surface area contributed by atoms with E-state index in [0.717, 1.165) is 6.07 Å². The van der Waals surface area contributed by atoms with Crippen molar-refractivity contribution in [2.24, 2.45) is 5.73 Å². The van der Waals surface area contributed by atoms with Gasteiger partial charge in [0.05, 0.1) is 4.92 Å². The van der Waals surface area contributed by atoms with Crippen molar-refractivity contribution < 1.29 is 9.31 Å². The van der Waals surface area contributed by atoms with Gasteiger partial charge in [-0.05, 0) is 28.1 Å². The summed E-state index contributed by atoms with van der Waals surface area (Å²) in [6, 6.07) is 2.44. The van der Waals surface area contributed by atoms with E-state index in [2.05, 4.69) is 15.9 Å². The van der Waals surface area contributed by atoms with Gasteiger partial charge in [0.2, 0.25) is 0 Å². The Morgan fingerprint density at radius 2 is 2.23 bits per heavy atom. The van der Waals surface area contributed by atoms with Crippen LogP contribution in [0.2, 0.25) is 0 Å². The number of nitrogens with zero attached hydrogens (tertiary/aromatic N) is 1. The molecule has 0 saturated heterocycles. The van der Waals surface area contributed by atoms with Crippen LogP contribution in [0.5, 0.6) is 0 Å². The molecule has 70 valence electrons. The van der Waals surface area contributed by atoms with Gasteiger partial charge in [-0.2, -0.15) is 0 Å². The zero-order valence-electron chi connectivity index (χ0n) is 6.46. The molecule has 13 heavy (non-hydrogen) atoms. The Morgan fingerprint density at radius 1 is 1.62 bits per heavy atom. The minimum absolute atomic E-state index is 0.00912. The summed E-state index contributed by atoms with van der Waals surface area (Å²) >= 11 is 2.80. The Bertz CT molecular complexity index is 357. The van der Waals surface area contributed by atoms with E-state index >= 15 is 0 Å². The van der Waals surface area contributed by atoms with Crippen molar-refractivity contribution in [1.29, 1.82) is 0 Å². The first kappa shape index (κ1) is 10.1. The van der Waals surface area contributed by atoms with Gasteiger partial charge in [0, 0.05) is 12.1 Å². The number of hydrogen-bond acceptors (Lipinski definition) is 3. The average Bonchev–Trinajstić information content (AvgIpc) is 2.08. The molecule has 2 N–H and O–H groups in total. The van der Waals surface area contributed by atoms with Crippen molar-refractivity contribution >= 4 is 21.6 Å². The molecule has 0 spiro atoms. The monoisotopic (exact) mass is 248 g/mol. The van der Waals surface area contributed by atoms with Gasteiger partial charge in [0.1, 0.15) is 10.3 Å². The highest BCUT2D eigenvalue weighted by molar-refractivity contribution is 9.10. The highest BCUT2D eigenvalue weighted by Gasteiger charge is 2.20. The number of nitro groups is 1. The number of rotatable bonds is 2. The Morgan fingerprint density at radius 3 is 2.69 bits per heavy atom. The largest absolute Gasteiger partial charge is 0.326 e. The van der Waals surface area contributed by atoms with Crippen molar-refractivity contribution in [3.05, 3.63) is 38.1 Å². The predicted octanol–water partition coefficient (Wildman–Crippen LogP) is 1.96. The molecule has 1 rings (SSSR count). The maximum atomic E-state index is 12.9. The standard InChI is InChI=1S/C7H6BrFN2O2/c8-6-5(9)2-1-4(3-10)7(6)11(12)13/h1-2H,3,10H2. The third-order valence-corrected chi connectivity index (χ3v) is 2.31. The molecule has 0 aliphatic heterocycles. The lowest BCUT2D eigenvalue weighted by molar-refractivity contribution is -0.386. The van der Waals surface area contributed by atoms with Crippen LogP contribution in [0.4, 0.5) is 10.1 Å². The highest BCUT2D eigenvalue weighted by Crippen LogP contribution is 2.30.